The van der Waals surface area contributed by atoms with Gasteiger partial charge < -0.3 is 20.3 Å². The molecule has 0 aliphatic heterocycles. The number of hydrogen-bond donors (Lipinski definition) is 3. The molecule has 6 nitrogen and oxygen atoms in total. The van der Waals surface area contributed by atoms with Gasteiger partial charge in [0.05, 0.1) is 25.2 Å². The fourth-order valence-electron chi connectivity index (χ4n) is 6.80. The molecule has 60 heavy (non-hydrogen) atoms. The lowest BCUT2D eigenvalue weighted by Crippen LogP contribution is -2.46. The minimum Gasteiger partial charge on any atom is -0.458 e. The Hall–Kier alpha value is -3.22. The monoisotopic (exact) mass is 834 g/mol. The molecule has 0 spiro atoms. The lowest BCUT2D eigenvalue weighted by atomic mass is 10.0. The number of nitrogens with one attached hydrogen (secondary N) is 1. The van der Waals surface area contributed by atoms with Crippen molar-refractivity contribution in [3.05, 3.63) is 97.2 Å². The fourth-order valence-corrected chi connectivity index (χ4v) is 6.80. The van der Waals surface area contributed by atoms with Crippen LogP contribution in [0.25, 0.3) is 0 Å². The highest BCUT2D eigenvalue weighted by Crippen LogP contribution is 2.15. The molecule has 0 saturated carbocycles. The highest BCUT2D eigenvalue weighted by molar-refractivity contribution is 5.78. The van der Waals surface area contributed by atoms with E-state index in [0.717, 1.165) is 89.9 Å². The van der Waals surface area contributed by atoms with Gasteiger partial charge in [0.1, 0.15) is 6.10 Å². The highest BCUT2D eigenvalue weighted by atomic mass is 16.5. The van der Waals surface area contributed by atoms with Crippen LogP contribution in [0, 0.1) is 0 Å². The molecule has 0 aliphatic carbocycles. The lowest BCUT2D eigenvalue weighted by molar-refractivity contribution is -0.148. The number of allylic oxidation sites excluding steroid dienone is 15. The fraction of sp³-hybridized carbons (Fsp3) is 0.667. The van der Waals surface area contributed by atoms with E-state index in [0.29, 0.717) is 19.3 Å². The van der Waals surface area contributed by atoms with Gasteiger partial charge in [-0.05, 0) is 70.3 Å². The minimum atomic E-state index is -0.827. The molecule has 0 aromatic heterocycles. The molecule has 0 aromatic carbocycles. The number of unbranched alkanes of at least 4 members (excludes halogenated alkanes) is 18. The van der Waals surface area contributed by atoms with Crippen LogP contribution in [0.5, 0.6) is 0 Å². The van der Waals surface area contributed by atoms with E-state index in [1.165, 1.54) is 70.6 Å². The molecular formula is C54H91NO5. The maximum Gasteiger partial charge on any atom is 0.306 e. The van der Waals surface area contributed by atoms with E-state index < -0.39 is 18.2 Å². The van der Waals surface area contributed by atoms with Gasteiger partial charge in [0.15, 0.2) is 0 Å². The van der Waals surface area contributed by atoms with Crippen molar-refractivity contribution in [3.8, 4) is 0 Å². The number of amides is 1. The molecule has 1 amide bonds. The smallest absolute Gasteiger partial charge is 0.306 e. The molecule has 0 aliphatic rings. The number of aliphatic hydroxyl groups excluding tert-OH is 2. The van der Waals surface area contributed by atoms with E-state index in [4.69, 9.17) is 4.74 Å². The van der Waals surface area contributed by atoms with Crippen LogP contribution >= 0.6 is 0 Å². The van der Waals surface area contributed by atoms with E-state index >= 15 is 0 Å². The van der Waals surface area contributed by atoms with Crippen molar-refractivity contribution in [1.82, 2.24) is 5.32 Å². The number of esters is 1. The number of ether oxygens (including phenoxy) is 1. The summed E-state index contributed by atoms with van der Waals surface area (Å²) in [4.78, 5) is 26.0. The zero-order valence-corrected chi connectivity index (χ0v) is 38.8. The molecule has 3 unspecified atom stereocenters. The van der Waals surface area contributed by atoms with Gasteiger partial charge in [0.25, 0.3) is 0 Å². The Bertz CT molecular complexity index is 1210. The predicted octanol–water partition coefficient (Wildman–Crippen LogP) is 14.6. The molecular weight excluding hydrogens is 743 g/mol. The number of rotatable bonds is 42. The van der Waals surface area contributed by atoms with Gasteiger partial charge in [0, 0.05) is 6.42 Å². The summed E-state index contributed by atoms with van der Waals surface area (Å²) >= 11 is 0. The van der Waals surface area contributed by atoms with Crippen molar-refractivity contribution >= 4 is 11.9 Å². The largest absolute Gasteiger partial charge is 0.458 e. The van der Waals surface area contributed by atoms with Gasteiger partial charge >= 0.3 is 5.97 Å². The van der Waals surface area contributed by atoms with Crippen molar-refractivity contribution in [2.75, 3.05) is 6.61 Å². The van der Waals surface area contributed by atoms with Crippen LogP contribution in [0.2, 0.25) is 0 Å². The summed E-state index contributed by atoms with van der Waals surface area (Å²) in [7, 11) is 0. The average molecular weight is 834 g/mol. The summed E-state index contributed by atoms with van der Waals surface area (Å²) < 4.78 is 5.80. The Morgan fingerprint density at radius 3 is 1.53 bits per heavy atom. The van der Waals surface area contributed by atoms with Gasteiger partial charge in [0.2, 0.25) is 5.91 Å². The Morgan fingerprint density at radius 1 is 0.533 bits per heavy atom. The number of carbonyl (C=O) groups excluding carboxylic acids is 2. The normalized spacial score (nSPS) is 14.2. The van der Waals surface area contributed by atoms with E-state index in [-0.39, 0.29) is 24.9 Å². The topological polar surface area (TPSA) is 95.9 Å². The molecule has 0 radical (unpaired) electrons. The minimum absolute atomic E-state index is 0.0594. The Balaban J connectivity index is 4.77. The molecule has 0 bridgehead atoms. The molecule has 3 atom stereocenters. The Labute approximate surface area is 369 Å². The van der Waals surface area contributed by atoms with E-state index in [1.807, 2.05) is 6.08 Å². The third-order valence-corrected chi connectivity index (χ3v) is 10.5. The second-order valence-electron chi connectivity index (χ2n) is 16.2. The molecule has 3 N–H and O–H groups in total. The Kier molecular flexibility index (Phi) is 44.3. The van der Waals surface area contributed by atoms with Crippen LogP contribution in [-0.4, -0.2) is 46.9 Å². The van der Waals surface area contributed by atoms with Crippen LogP contribution in [0.3, 0.4) is 0 Å². The van der Waals surface area contributed by atoms with E-state index in [1.54, 1.807) is 6.08 Å². The molecule has 0 rings (SSSR count). The maximum atomic E-state index is 13.1. The van der Waals surface area contributed by atoms with Crippen molar-refractivity contribution in [2.45, 2.75) is 225 Å². The van der Waals surface area contributed by atoms with Crippen LogP contribution in [-0.2, 0) is 14.3 Å². The zero-order chi connectivity index (χ0) is 43.8. The van der Waals surface area contributed by atoms with Crippen LogP contribution in [0.1, 0.15) is 207 Å². The van der Waals surface area contributed by atoms with E-state index in [2.05, 4.69) is 111 Å². The van der Waals surface area contributed by atoms with E-state index in [9.17, 15) is 19.8 Å². The summed E-state index contributed by atoms with van der Waals surface area (Å²) in [6.45, 7) is 6.18. The summed E-state index contributed by atoms with van der Waals surface area (Å²) in [5.74, 6) is -0.661. The van der Waals surface area contributed by atoms with Crippen molar-refractivity contribution in [2.24, 2.45) is 0 Å². The maximum absolute atomic E-state index is 13.1. The lowest BCUT2D eigenvalue weighted by Gasteiger charge is -2.23. The van der Waals surface area contributed by atoms with Gasteiger partial charge in [-0.2, -0.15) is 0 Å². The summed E-state index contributed by atoms with van der Waals surface area (Å²) in [6.07, 6.45) is 62.1. The quantitative estimate of drug-likeness (QED) is 0.0246. The van der Waals surface area contributed by atoms with Crippen molar-refractivity contribution in [3.63, 3.8) is 0 Å². The van der Waals surface area contributed by atoms with Gasteiger partial charge in [-0.3, -0.25) is 9.59 Å². The highest BCUT2D eigenvalue weighted by Gasteiger charge is 2.23. The average Bonchev–Trinajstić information content (AvgIpc) is 3.24. The second kappa shape index (κ2) is 46.8. The standard InChI is InChI=1S/C54H91NO5/c1-4-7-10-13-16-19-22-25-28-30-33-36-39-42-45-50(60-54(59)47-44-41-38-35-32-27-24-21-18-15-12-9-6-3)48-53(58)55-51(49-56)52(57)46-43-40-37-34-31-29-26-23-20-17-14-11-8-5-2/h7,9-10,12,15-16,18-19,21,24-25,28,33,36,42,45,50-52,56-57H,4-6,8,11,13-14,17,20,22-23,26-27,29-32,34-35,37-41,43-44,46-49H2,1-3H3,(H,55,58)/b10-7+,12-9+,18-15+,19-16+,24-21-,28-25+,36-33+,45-42+. The van der Waals surface area contributed by atoms with Crippen molar-refractivity contribution < 1.29 is 24.5 Å². The van der Waals surface area contributed by atoms with Crippen LogP contribution < -0.4 is 5.32 Å². The number of carbonyl (C=O) groups is 2. The molecule has 342 valence electrons. The summed E-state index contributed by atoms with van der Waals surface area (Å²) in [6, 6.07) is -0.751. The van der Waals surface area contributed by atoms with Gasteiger partial charge in [-0.1, -0.05) is 221 Å². The first-order valence-corrected chi connectivity index (χ1v) is 24.5. The summed E-state index contributed by atoms with van der Waals surface area (Å²) in [5.41, 5.74) is 0. The molecule has 0 fully saturated rings. The SMILES string of the molecule is CC/C=C/C=C/C=C\CCCCCCCC(=O)OC(/C=C/C/C=C/C/C=C/C/C=C/C/C=C/CC)CC(=O)NC(CO)C(O)CCCCCCCCCCCCCCCC. The Morgan fingerprint density at radius 2 is 1.00 bits per heavy atom. The second-order valence-corrected chi connectivity index (χ2v) is 16.2. The third-order valence-electron chi connectivity index (χ3n) is 10.5. The third kappa shape index (κ3) is 41.5. The van der Waals surface area contributed by atoms with Crippen LogP contribution in [0.4, 0.5) is 0 Å². The zero-order valence-electron chi connectivity index (χ0n) is 38.8. The van der Waals surface area contributed by atoms with Crippen molar-refractivity contribution in [1.29, 1.82) is 0 Å². The molecule has 0 heterocycles. The predicted molar refractivity (Wildman–Crippen MR) is 259 cm³/mol. The number of aliphatic hydroxyl groups is 2. The van der Waals surface area contributed by atoms with Crippen LogP contribution in [0.15, 0.2) is 97.2 Å². The van der Waals surface area contributed by atoms with Gasteiger partial charge in [-0.15, -0.1) is 0 Å². The molecule has 0 saturated heterocycles. The molecule has 0 aromatic rings. The first-order valence-electron chi connectivity index (χ1n) is 24.5. The van der Waals surface area contributed by atoms with Gasteiger partial charge in [-0.25, -0.2) is 0 Å². The summed E-state index contributed by atoms with van der Waals surface area (Å²) in [5, 5.41) is 23.7. The molecule has 6 heteroatoms. The first-order chi connectivity index (χ1) is 29.5. The first kappa shape index (κ1) is 56.8. The number of hydrogen-bond acceptors (Lipinski definition) is 5.